The Morgan fingerprint density at radius 3 is 2.69 bits per heavy atom. The number of ether oxygens (including phenoxy) is 2. The lowest BCUT2D eigenvalue weighted by atomic mass is 9.97. The van der Waals surface area contributed by atoms with E-state index < -0.39 is 9.84 Å². The smallest absolute Gasteiger partial charge is 0.310 e. The van der Waals surface area contributed by atoms with E-state index in [2.05, 4.69) is 4.98 Å². The molecule has 0 spiro atoms. The van der Waals surface area contributed by atoms with Crippen LogP contribution in [0.15, 0.2) is 64.5 Å². The van der Waals surface area contributed by atoms with E-state index in [1.54, 1.807) is 56.5 Å². The number of aromatic nitrogens is 1. The van der Waals surface area contributed by atoms with E-state index in [0.29, 0.717) is 48.5 Å². The Kier molecular flexibility index (Phi) is 6.32. The fourth-order valence-electron chi connectivity index (χ4n) is 4.15. The first kappa shape index (κ1) is 22.1. The van der Waals surface area contributed by atoms with E-state index in [-0.39, 0.29) is 21.7 Å². The molecule has 0 bridgehead atoms. The van der Waals surface area contributed by atoms with Gasteiger partial charge in [-0.1, -0.05) is 18.2 Å². The molecule has 1 fully saturated rings. The SMILES string of the molecule is CCOC(=O)[C@H]1CCCN(c2c(S(=O)(=O)c3ccccc3)cnc3ccc(OC)cc23)C1. The summed E-state index contributed by atoms with van der Waals surface area (Å²) in [5, 5.41) is 0.672. The molecule has 0 aliphatic carbocycles. The molecule has 1 aliphatic heterocycles. The van der Waals surface area contributed by atoms with E-state index in [4.69, 9.17) is 9.47 Å². The van der Waals surface area contributed by atoms with Gasteiger partial charge in [0.25, 0.3) is 0 Å². The van der Waals surface area contributed by atoms with Crippen molar-refractivity contribution in [2.75, 3.05) is 31.7 Å². The molecule has 0 N–H and O–H groups in total. The highest BCUT2D eigenvalue weighted by Crippen LogP contribution is 2.39. The maximum absolute atomic E-state index is 13.6. The largest absolute Gasteiger partial charge is 0.497 e. The molecule has 32 heavy (non-hydrogen) atoms. The number of carbonyl (C=O) groups excluding carboxylic acids is 1. The number of fused-ring (bicyclic) bond motifs is 1. The molecule has 1 aromatic heterocycles. The van der Waals surface area contributed by atoms with Crippen molar-refractivity contribution in [1.82, 2.24) is 4.98 Å². The summed E-state index contributed by atoms with van der Waals surface area (Å²) in [4.78, 5) is 19.2. The quantitative estimate of drug-likeness (QED) is 0.523. The van der Waals surface area contributed by atoms with Crippen LogP contribution in [0, 0.1) is 5.92 Å². The number of piperidine rings is 1. The average molecular weight is 455 g/mol. The molecular formula is C24H26N2O5S. The minimum Gasteiger partial charge on any atom is -0.497 e. The number of methoxy groups -OCH3 is 1. The highest BCUT2D eigenvalue weighted by Gasteiger charge is 2.32. The summed E-state index contributed by atoms with van der Waals surface area (Å²) in [6.07, 6.45) is 2.88. The Morgan fingerprint density at radius 1 is 1.19 bits per heavy atom. The third-order valence-corrected chi connectivity index (χ3v) is 7.48. The van der Waals surface area contributed by atoms with E-state index >= 15 is 0 Å². The van der Waals surface area contributed by atoms with Crippen molar-refractivity contribution in [2.45, 2.75) is 29.6 Å². The molecule has 4 rings (SSSR count). The topological polar surface area (TPSA) is 85.8 Å². The Balaban J connectivity index is 1.90. The van der Waals surface area contributed by atoms with Crippen molar-refractivity contribution in [3.05, 3.63) is 54.7 Å². The molecule has 0 radical (unpaired) electrons. The first-order valence-corrected chi connectivity index (χ1v) is 12.1. The van der Waals surface area contributed by atoms with Crippen LogP contribution in [-0.2, 0) is 19.4 Å². The maximum atomic E-state index is 13.6. The number of pyridine rings is 1. The van der Waals surface area contributed by atoms with Crippen LogP contribution in [0.2, 0.25) is 0 Å². The second-order valence-corrected chi connectivity index (χ2v) is 9.63. The van der Waals surface area contributed by atoms with Gasteiger partial charge in [-0.15, -0.1) is 0 Å². The molecule has 7 nitrogen and oxygen atoms in total. The van der Waals surface area contributed by atoms with Crippen LogP contribution >= 0.6 is 0 Å². The van der Waals surface area contributed by atoms with Crippen molar-refractivity contribution in [1.29, 1.82) is 0 Å². The van der Waals surface area contributed by atoms with Crippen LogP contribution in [0.1, 0.15) is 19.8 Å². The molecule has 1 aliphatic rings. The van der Waals surface area contributed by atoms with Gasteiger partial charge in [-0.3, -0.25) is 9.78 Å². The van der Waals surface area contributed by atoms with Gasteiger partial charge in [0, 0.05) is 24.7 Å². The number of nitrogens with zero attached hydrogens (tertiary/aromatic N) is 2. The third kappa shape index (κ3) is 4.14. The van der Waals surface area contributed by atoms with Gasteiger partial charge in [0.15, 0.2) is 0 Å². The molecule has 8 heteroatoms. The highest BCUT2D eigenvalue weighted by molar-refractivity contribution is 7.91. The van der Waals surface area contributed by atoms with Gasteiger partial charge in [-0.2, -0.15) is 0 Å². The lowest BCUT2D eigenvalue weighted by Crippen LogP contribution is -2.40. The van der Waals surface area contributed by atoms with E-state index in [1.165, 1.54) is 6.20 Å². The zero-order chi connectivity index (χ0) is 22.7. The van der Waals surface area contributed by atoms with Gasteiger partial charge >= 0.3 is 5.97 Å². The fraction of sp³-hybridized carbons (Fsp3) is 0.333. The summed E-state index contributed by atoms with van der Waals surface area (Å²) in [7, 11) is -2.27. The minimum absolute atomic E-state index is 0.119. The van der Waals surface area contributed by atoms with Gasteiger partial charge in [0.05, 0.1) is 35.7 Å². The van der Waals surface area contributed by atoms with Crippen molar-refractivity contribution in [3.8, 4) is 5.75 Å². The number of esters is 1. The molecule has 1 atom stereocenters. The Bertz CT molecular complexity index is 1230. The molecular weight excluding hydrogens is 428 g/mol. The summed E-state index contributed by atoms with van der Waals surface area (Å²) < 4.78 is 37.9. The number of hydrogen-bond acceptors (Lipinski definition) is 7. The van der Waals surface area contributed by atoms with Crippen molar-refractivity contribution in [2.24, 2.45) is 5.92 Å². The van der Waals surface area contributed by atoms with Crippen LogP contribution in [0.3, 0.4) is 0 Å². The molecule has 2 heterocycles. The average Bonchev–Trinajstić information content (AvgIpc) is 2.83. The lowest BCUT2D eigenvalue weighted by molar-refractivity contribution is -0.148. The summed E-state index contributed by atoms with van der Waals surface area (Å²) >= 11 is 0. The van der Waals surface area contributed by atoms with Crippen LogP contribution < -0.4 is 9.64 Å². The highest BCUT2D eigenvalue weighted by atomic mass is 32.2. The lowest BCUT2D eigenvalue weighted by Gasteiger charge is -2.35. The number of anilines is 1. The third-order valence-electron chi connectivity index (χ3n) is 5.71. The Hall–Kier alpha value is -3.13. The van der Waals surface area contributed by atoms with Gasteiger partial charge < -0.3 is 14.4 Å². The monoisotopic (exact) mass is 454 g/mol. The maximum Gasteiger partial charge on any atom is 0.310 e. The van der Waals surface area contributed by atoms with Crippen LogP contribution in [0.25, 0.3) is 10.9 Å². The number of carbonyl (C=O) groups is 1. The number of rotatable bonds is 6. The summed E-state index contributed by atoms with van der Waals surface area (Å²) in [6.45, 7) is 3.11. The van der Waals surface area contributed by atoms with Crippen molar-refractivity contribution in [3.63, 3.8) is 0 Å². The van der Waals surface area contributed by atoms with Gasteiger partial charge in [0.1, 0.15) is 10.6 Å². The number of hydrogen-bond donors (Lipinski definition) is 0. The second kappa shape index (κ2) is 9.16. The molecule has 0 unspecified atom stereocenters. The molecule has 3 aromatic rings. The Morgan fingerprint density at radius 2 is 1.97 bits per heavy atom. The zero-order valence-corrected chi connectivity index (χ0v) is 19.0. The van der Waals surface area contributed by atoms with Gasteiger partial charge in [-0.25, -0.2) is 8.42 Å². The molecule has 0 saturated carbocycles. The molecule has 1 saturated heterocycles. The van der Waals surface area contributed by atoms with Crippen molar-refractivity contribution < 1.29 is 22.7 Å². The fourth-order valence-corrected chi connectivity index (χ4v) is 5.60. The summed E-state index contributed by atoms with van der Waals surface area (Å²) in [5.74, 6) is 0.0409. The van der Waals surface area contributed by atoms with Crippen LogP contribution in [-0.4, -0.2) is 46.2 Å². The zero-order valence-electron chi connectivity index (χ0n) is 18.2. The van der Waals surface area contributed by atoms with Gasteiger partial charge in [-0.05, 0) is 50.1 Å². The predicted octanol–water partition coefficient (Wildman–Crippen LogP) is 3.86. The first-order valence-electron chi connectivity index (χ1n) is 10.6. The Labute approximate surface area is 187 Å². The van der Waals surface area contributed by atoms with Crippen LogP contribution in [0.5, 0.6) is 5.75 Å². The van der Waals surface area contributed by atoms with Crippen molar-refractivity contribution >= 4 is 32.4 Å². The normalized spacial score (nSPS) is 16.7. The number of benzene rings is 2. The predicted molar refractivity (Wildman–Crippen MR) is 122 cm³/mol. The minimum atomic E-state index is -3.84. The van der Waals surface area contributed by atoms with E-state index in [0.717, 1.165) is 6.42 Å². The second-order valence-electron chi connectivity index (χ2n) is 7.71. The molecule has 168 valence electrons. The van der Waals surface area contributed by atoms with Gasteiger partial charge in [0.2, 0.25) is 9.84 Å². The standard InChI is InChI=1S/C24H26N2O5S/c1-3-31-24(27)17-8-7-13-26(16-17)23-20-14-18(30-2)11-12-21(20)25-15-22(23)32(28,29)19-9-5-4-6-10-19/h4-6,9-12,14-15,17H,3,7-8,13,16H2,1-2H3/t17-/m0/s1. The van der Waals surface area contributed by atoms with E-state index in [9.17, 15) is 13.2 Å². The molecule has 2 aromatic carbocycles. The van der Waals surface area contributed by atoms with Crippen LogP contribution in [0.4, 0.5) is 5.69 Å². The summed E-state index contributed by atoms with van der Waals surface area (Å²) in [6, 6.07) is 13.7. The molecule has 0 amide bonds. The van der Waals surface area contributed by atoms with E-state index in [1.807, 2.05) is 11.0 Å². The number of sulfone groups is 1. The summed E-state index contributed by atoms with van der Waals surface area (Å²) in [5.41, 5.74) is 1.21. The first-order chi connectivity index (χ1) is 15.5.